The van der Waals surface area contributed by atoms with Crippen molar-refractivity contribution in [2.75, 3.05) is 7.11 Å². The maximum Gasteiger partial charge on any atom is 0.250 e. The molecule has 2 atom stereocenters. The molecule has 1 aliphatic carbocycles. The minimum Gasteiger partial charge on any atom is -0.392 e. The van der Waals surface area contributed by atoms with Crippen LogP contribution in [-0.2, 0) is 11.5 Å². The zero-order valence-corrected chi connectivity index (χ0v) is 9.64. The van der Waals surface area contributed by atoms with Crippen LogP contribution in [0.1, 0.15) is 30.7 Å². The van der Waals surface area contributed by atoms with E-state index in [0.717, 1.165) is 5.56 Å². The zero-order chi connectivity index (χ0) is 12.5. The molecule has 0 aromatic carbocycles. The molecule has 2 rings (SSSR count). The molecule has 1 aromatic rings. The van der Waals surface area contributed by atoms with Crippen LogP contribution in [0.4, 0.5) is 8.78 Å². The highest BCUT2D eigenvalue weighted by molar-refractivity contribution is 5.15. The van der Waals surface area contributed by atoms with Gasteiger partial charge in [0.1, 0.15) is 6.73 Å². The number of methoxy groups -OCH3 is 1. The lowest BCUT2D eigenvalue weighted by Gasteiger charge is -2.32. The van der Waals surface area contributed by atoms with Gasteiger partial charge >= 0.3 is 0 Å². The SMILES string of the molecule is COCn1cc([C@H]2CCC(F)(F)CC2O)cn1. The average molecular weight is 246 g/mol. The number of aliphatic hydroxyl groups excluding tert-OH is 1. The first kappa shape index (κ1) is 12.4. The Morgan fingerprint density at radius 1 is 1.65 bits per heavy atom. The van der Waals surface area contributed by atoms with E-state index in [0.29, 0.717) is 6.73 Å². The summed E-state index contributed by atoms with van der Waals surface area (Å²) in [6.45, 7) is 0.318. The lowest BCUT2D eigenvalue weighted by molar-refractivity contribution is -0.0839. The fraction of sp³-hybridized carbons (Fsp3) is 0.727. The molecule has 6 heteroatoms. The first-order valence-electron chi connectivity index (χ1n) is 5.59. The number of hydrogen-bond donors (Lipinski definition) is 1. The van der Waals surface area contributed by atoms with E-state index in [2.05, 4.69) is 5.10 Å². The molecule has 0 radical (unpaired) electrons. The van der Waals surface area contributed by atoms with Crippen LogP contribution < -0.4 is 0 Å². The van der Waals surface area contributed by atoms with Crippen molar-refractivity contribution in [3.05, 3.63) is 18.0 Å². The highest BCUT2D eigenvalue weighted by Gasteiger charge is 2.41. The van der Waals surface area contributed by atoms with Gasteiger partial charge in [-0.2, -0.15) is 5.10 Å². The first-order valence-corrected chi connectivity index (χ1v) is 5.59. The predicted octanol–water partition coefficient (Wildman–Crippen LogP) is 1.75. The second-order valence-electron chi connectivity index (χ2n) is 4.50. The average Bonchev–Trinajstić information content (AvgIpc) is 2.65. The molecule has 1 fully saturated rings. The molecule has 0 amide bonds. The molecule has 0 aliphatic heterocycles. The Labute approximate surface area is 98.2 Å². The van der Waals surface area contributed by atoms with Gasteiger partial charge in [-0.3, -0.25) is 0 Å². The maximum atomic E-state index is 13.1. The summed E-state index contributed by atoms with van der Waals surface area (Å²) in [6.07, 6.45) is 1.99. The topological polar surface area (TPSA) is 47.3 Å². The number of alkyl halides is 2. The van der Waals surface area contributed by atoms with E-state index < -0.39 is 18.4 Å². The Hall–Kier alpha value is -1.01. The summed E-state index contributed by atoms with van der Waals surface area (Å²) < 4.78 is 32.6. The number of nitrogens with zero attached hydrogens (tertiary/aromatic N) is 2. The van der Waals surface area contributed by atoms with E-state index in [9.17, 15) is 13.9 Å². The zero-order valence-electron chi connectivity index (χ0n) is 9.64. The quantitative estimate of drug-likeness (QED) is 0.883. The van der Waals surface area contributed by atoms with Crippen molar-refractivity contribution in [3.63, 3.8) is 0 Å². The van der Waals surface area contributed by atoms with Crippen LogP contribution in [0.25, 0.3) is 0 Å². The number of rotatable bonds is 3. The van der Waals surface area contributed by atoms with Crippen LogP contribution in [0.5, 0.6) is 0 Å². The Kier molecular flexibility index (Phi) is 3.44. The molecular weight excluding hydrogens is 230 g/mol. The van der Waals surface area contributed by atoms with Gasteiger partial charge in [0.05, 0.1) is 12.3 Å². The largest absolute Gasteiger partial charge is 0.392 e. The van der Waals surface area contributed by atoms with Crippen LogP contribution in [0.15, 0.2) is 12.4 Å². The third-order valence-corrected chi connectivity index (χ3v) is 3.14. The molecule has 1 unspecified atom stereocenters. The smallest absolute Gasteiger partial charge is 0.250 e. The number of halogens is 2. The monoisotopic (exact) mass is 246 g/mol. The maximum absolute atomic E-state index is 13.1. The molecule has 1 aliphatic rings. The van der Waals surface area contributed by atoms with E-state index in [4.69, 9.17) is 4.74 Å². The second kappa shape index (κ2) is 4.70. The molecule has 96 valence electrons. The van der Waals surface area contributed by atoms with Crippen molar-refractivity contribution >= 4 is 0 Å². The minimum atomic E-state index is -2.74. The van der Waals surface area contributed by atoms with Gasteiger partial charge in [-0.15, -0.1) is 0 Å². The third kappa shape index (κ3) is 2.81. The summed E-state index contributed by atoms with van der Waals surface area (Å²) in [6, 6.07) is 0. The minimum absolute atomic E-state index is 0.176. The van der Waals surface area contributed by atoms with Gasteiger partial charge in [0.25, 0.3) is 5.92 Å². The van der Waals surface area contributed by atoms with Crippen molar-refractivity contribution in [1.82, 2.24) is 9.78 Å². The fourth-order valence-electron chi connectivity index (χ4n) is 2.27. The van der Waals surface area contributed by atoms with Gasteiger partial charge < -0.3 is 9.84 Å². The summed E-state index contributed by atoms with van der Waals surface area (Å²) in [5, 5.41) is 13.8. The van der Waals surface area contributed by atoms with Crippen molar-refractivity contribution in [1.29, 1.82) is 0 Å². The fourth-order valence-corrected chi connectivity index (χ4v) is 2.27. The van der Waals surface area contributed by atoms with E-state index in [-0.39, 0.29) is 18.8 Å². The Morgan fingerprint density at radius 2 is 2.41 bits per heavy atom. The van der Waals surface area contributed by atoms with Crippen LogP contribution in [0.3, 0.4) is 0 Å². The van der Waals surface area contributed by atoms with Gasteiger partial charge in [-0.1, -0.05) is 0 Å². The van der Waals surface area contributed by atoms with Gasteiger partial charge in [-0.05, 0) is 12.0 Å². The molecule has 1 heterocycles. The van der Waals surface area contributed by atoms with Crippen molar-refractivity contribution in [2.24, 2.45) is 0 Å². The Morgan fingerprint density at radius 3 is 3.06 bits per heavy atom. The normalized spacial score (nSPS) is 28.2. The van der Waals surface area contributed by atoms with Gasteiger partial charge in [0, 0.05) is 32.1 Å². The summed E-state index contributed by atoms with van der Waals surface area (Å²) in [4.78, 5) is 0. The number of aliphatic hydroxyl groups is 1. The number of ether oxygens (including phenoxy) is 1. The molecule has 17 heavy (non-hydrogen) atoms. The summed E-state index contributed by atoms with van der Waals surface area (Å²) >= 11 is 0. The van der Waals surface area contributed by atoms with Crippen molar-refractivity contribution < 1.29 is 18.6 Å². The van der Waals surface area contributed by atoms with Gasteiger partial charge in [-0.25, -0.2) is 13.5 Å². The highest BCUT2D eigenvalue weighted by Crippen LogP contribution is 2.40. The molecule has 4 nitrogen and oxygen atoms in total. The van der Waals surface area contributed by atoms with Crippen LogP contribution in [0.2, 0.25) is 0 Å². The summed E-state index contributed by atoms with van der Waals surface area (Å²) in [5.41, 5.74) is 0.796. The number of aromatic nitrogens is 2. The predicted molar refractivity (Wildman–Crippen MR) is 56.8 cm³/mol. The standard InChI is InChI=1S/C11H16F2N2O2/c1-17-7-15-6-8(5-14-15)9-2-3-11(12,13)4-10(9)16/h5-6,9-10,16H,2-4,7H2,1H3/t9-,10?/m1/s1. The molecule has 0 bridgehead atoms. The molecule has 1 N–H and O–H groups in total. The van der Waals surface area contributed by atoms with Crippen molar-refractivity contribution in [3.8, 4) is 0 Å². The first-order chi connectivity index (χ1) is 8.02. The van der Waals surface area contributed by atoms with E-state index in [1.54, 1.807) is 24.2 Å². The lowest BCUT2D eigenvalue weighted by atomic mass is 9.81. The second-order valence-corrected chi connectivity index (χ2v) is 4.50. The highest BCUT2D eigenvalue weighted by atomic mass is 19.3. The van der Waals surface area contributed by atoms with Crippen LogP contribution >= 0.6 is 0 Å². The van der Waals surface area contributed by atoms with Crippen LogP contribution in [-0.4, -0.2) is 34.0 Å². The molecule has 0 spiro atoms. The third-order valence-electron chi connectivity index (χ3n) is 3.14. The Bertz CT molecular complexity index is 381. The summed E-state index contributed by atoms with van der Waals surface area (Å²) in [5.74, 6) is -2.99. The van der Waals surface area contributed by atoms with E-state index >= 15 is 0 Å². The Balaban J connectivity index is 2.06. The molecule has 1 aromatic heterocycles. The molecule has 1 saturated carbocycles. The van der Waals surface area contributed by atoms with E-state index in [1.165, 1.54) is 0 Å². The number of hydrogen-bond acceptors (Lipinski definition) is 3. The van der Waals surface area contributed by atoms with Gasteiger partial charge in [0.2, 0.25) is 0 Å². The van der Waals surface area contributed by atoms with Crippen molar-refractivity contribution in [2.45, 2.75) is 43.9 Å². The van der Waals surface area contributed by atoms with Crippen LogP contribution in [0, 0.1) is 0 Å². The van der Waals surface area contributed by atoms with E-state index in [1.807, 2.05) is 0 Å². The van der Waals surface area contributed by atoms with Gasteiger partial charge in [0.15, 0.2) is 0 Å². The molecular formula is C11H16F2N2O2. The lowest BCUT2D eigenvalue weighted by Crippen LogP contribution is -2.34. The molecule has 0 saturated heterocycles. The summed E-state index contributed by atoms with van der Waals surface area (Å²) in [7, 11) is 1.55.